The van der Waals surface area contributed by atoms with Crippen molar-refractivity contribution in [2.75, 3.05) is 6.54 Å². The molecule has 6 heteroatoms. The minimum absolute atomic E-state index is 0.137. The number of hydrogen-bond donors (Lipinski definition) is 2. The molecule has 9 heavy (non-hydrogen) atoms. The molecule has 0 aromatic rings. The summed E-state index contributed by atoms with van der Waals surface area (Å²) in [5.41, 5.74) is 1.72. The monoisotopic (exact) mass is 134 g/mol. The third kappa shape index (κ3) is 6.67. The predicted molar refractivity (Wildman–Crippen MR) is 27.2 cm³/mol. The van der Waals surface area contributed by atoms with E-state index in [0.717, 1.165) is 0 Å². The highest BCUT2D eigenvalue weighted by atomic mass is 16.7. The minimum atomic E-state index is -1.05. The van der Waals surface area contributed by atoms with E-state index in [9.17, 15) is 14.9 Å². The van der Waals surface area contributed by atoms with Crippen molar-refractivity contribution in [1.82, 2.24) is 5.43 Å². The van der Waals surface area contributed by atoms with E-state index >= 15 is 0 Å². The largest absolute Gasteiger partial charge is 0.481 e. The summed E-state index contributed by atoms with van der Waals surface area (Å²) in [4.78, 5) is 19.2. The molecule has 0 unspecified atom stereocenters. The number of hydrazine groups is 1. The van der Waals surface area contributed by atoms with Crippen molar-refractivity contribution in [3.05, 3.63) is 10.1 Å². The van der Waals surface area contributed by atoms with E-state index < -0.39 is 11.0 Å². The Morgan fingerprint density at radius 1 is 1.78 bits per heavy atom. The molecule has 2 N–H and O–H groups in total. The Kier molecular flexibility index (Phi) is 3.11. The third-order valence-electron chi connectivity index (χ3n) is 0.580. The van der Waals surface area contributed by atoms with Crippen LogP contribution in [0.1, 0.15) is 6.42 Å². The van der Waals surface area contributed by atoms with Crippen molar-refractivity contribution in [3.63, 3.8) is 0 Å². The number of carboxylic acids is 1. The Balaban J connectivity index is 3.10. The van der Waals surface area contributed by atoms with Crippen molar-refractivity contribution >= 4 is 5.97 Å². The van der Waals surface area contributed by atoms with Gasteiger partial charge in [0, 0.05) is 0 Å². The van der Waals surface area contributed by atoms with E-state index in [1.54, 1.807) is 5.43 Å². The van der Waals surface area contributed by atoms with Gasteiger partial charge in [-0.05, 0) is 0 Å². The highest BCUT2D eigenvalue weighted by molar-refractivity contribution is 5.66. The lowest BCUT2D eigenvalue weighted by atomic mass is 10.4. The van der Waals surface area contributed by atoms with Crippen LogP contribution in [0, 0.1) is 10.1 Å². The van der Waals surface area contributed by atoms with Gasteiger partial charge in [0.2, 0.25) is 0 Å². The van der Waals surface area contributed by atoms with Crippen LogP contribution in [0.2, 0.25) is 0 Å². The number of carboxylic acid groups (broad SMARTS) is 1. The van der Waals surface area contributed by atoms with E-state index in [0.29, 0.717) is 0 Å². The first-order valence-corrected chi connectivity index (χ1v) is 2.22. The van der Waals surface area contributed by atoms with Crippen molar-refractivity contribution in [1.29, 1.82) is 0 Å². The van der Waals surface area contributed by atoms with E-state index in [1.165, 1.54) is 0 Å². The number of aliphatic carboxylic acids is 1. The molecule has 0 bridgehead atoms. The number of nitrogens with one attached hydrogen (secondary N) is 1. The van der Waals surface area contributed by atoms with Crippen molar-refractivity contribution in [3.8, 4) is 0 Å². The normalized spacial score (nSPS) is 8.44. The van der Waals surface area contributed by atoms with Crippen LogP contribution in [0.15, 0.2) is 0 Å². The molecule has 0 amide bonds. The lowest BCUT2D eigenvalue weighted by Crippen LogP contribution is -2.24. The Labute approximate surface area is 50.6 Å². The number of hydrogen-bond acceptors (Lipinski definition) is 3. The summed E-state index contributed by atoms with van der Waals surface area (Å²) >= 11 is 0. The zero-order chi connectivity index (χ0) is 7.28. The van der Waals surface area contributed by atoms with Gasteiger partial charge < -0.3 is 5.11 Å². The fourth-order valence-electron chi connectivity index (χ4n) is 0.254. The van der Waals surface area contributed by atoms with Gasteiger partial charge in [-0.15, -0.1) is 5.43 Å². The molecule has 0 heterocycles. The Bertz CT molecular complexity index is 109. The van der Waals surface area contributed by atoms with Crippen LogP contribution in [0.3, 0.4) is 0 Å². The first kappa shape index (κ1) is 7.67. The molecule has 0 aromatic heterocycles. The average Bonchev–Trinajstić information content (AvgIpc) is 1.63. The van der Waals surface area contributed by atoms with E-state index in [4.69, 9.17) is 5.11 Å². The third-order valence-corrected chi connectivity index (χ3v) is 0.580. The summed E-state index contributed by atoms with van der Waals surface area (Å²) in [7, 11) is 0. The number of carbonyl (C=O) groups is 1. The molecular weight excluding hydrogens is 128 g/mol. The van der Waals surface area contributed by atoms with Gasteiger partial charge in [-0.1, -0.05) is 0 Å². The molecule has 52 valence electrons. The van der Waals surface area contributed by atoms with Crippen LogP contribution in [0.5, 0.6) is 0 Å². The second kappa shape index (κ2) is 3.65. The molecule has 0 radical (unpaired) electrons. The highest BCUT2D eigenvalue weighted by Crippen LogP contribution is 1.73. The quantitative estimate of drug-likeness (QED) is 0.389. The SMILES string of the molecule is O=C(O)CCN[N+](=O)[O-]. The lowest BCUT2D eigenvalue weighted by molar-refractivity contribution is -0.543. The summed E-state index contributed by atoms with van der Waals surface area (Å²) < 4.78 is 0. The summed E-state index contributed by atoms with van der Waals surface area (Å²) in [6.07, 6.45) is -0.235. The van der Waals surface area contributed by atoms with Crippen LogP contribution in [-0.2, 0) is 4.79 Å². The maximum atomic E-state index is 9.72. The molecule has 0 aliphatic heterocycles. The minimum Gasteiger partial charge on any atom is -0.481 e. The molecule has 0 aliphatic carbocycles. The number of nitrogens with zero attached hydrogens (tertiary/aromatic N) is 1. The van der Waals surface area contributed by atoms with Crippen molar-refractivity contribution in [2.24, 2.45) is 0 Å². The molecule has 0 fully saturated rings. The number of nitro groups is 1. The molecule has 0 rings (SSSR count). The van der Waals surface area contributed by atoms with Gasteiger partial charge in [-0.2, -0.15) is 0 Å². The van der Waals surface area contributed by atoms with Crippen LogP contribution in [-0.4, -0.2) is 22.7 Å². The fourth-order valence-corrected chi connectivity index (χ4v) is 0.254. The molecule has 0 saturated carbocycles. The molecule has 0 atom stereocenters. The molecule has 0 spiro atoms. The molecule has 6 nitrogen and oxygen atoms in total. The predicted octanol–water partition coefficient (Wildman–Crippen LogP) is -0.758. The van der Waals surface area contributed by atoms with Crippen LogP contribution in [0.4, 0.5) is 0 Å². The van der Waals surface area contributed by atoms with E-state index in [1.807, 2.05) is 0 Å². The maximum Gasteiger partial charge on any atom is 0.305 e. The van der Waals surface area contributed by atoms with Gasteiger partial charge in [-0.25, -0.2) is 10.1 Å². The Morgan fingerprint density at radius 2 is 2.33 bits per heavy atom. The standard InChI is InChI=1S/C3H6N2O4/c6-3(7)1-2-4-5(8)9/h4H,1-2H2,(H,6,7). The van der Waals surface area contributed by atoms with Crippen LogP contribution >= 0.6 is 0 Å². The van der Waals surface area contributed by atoms with Gasteiger partial charge in [-0.3, -0.25) is 4.79 Å². The van der Waals surface area contributed by atoms with Crippen molar-refractivity contribution in [2.45, 2.75) is 6.42 Å². The van der Waals surface area contributed by atoms with Gasteiger partial charge >= 0.3 is 5.97 Å². The van der Waals surface area contributed by atoms with Gasteiger partial charge in [0.15, 0.2) is 5.03 Å². The zero-order valence-electron chi connectivity index (χ0n) is 4.53. The summed E-state index contributed by atoms with van der Waals surface area (Å²) in [5, 5.41) is 16.7. The summed E-state index contributed by atoms with van der Waals surface area (Å²) in [6.45, 7) is -0.137. The maximum absolute atomic E-state index is 9.72. The van der Waals surface area contributed by atoms with Gasteiger partial charge in [0.25, 0.3) is 0 Å². The Morgan fingerprint density at radius 3 is 2.67 bits per heavy atom. The second-order valence-corrected chi connectivity index (χ2v) is 1.31. The smallest absolute Gasteiger partial charge is 0.305 e. The zero-order valence-corrected chi connectivity index (χ0v) is 4.53. The molecular formula is C3H6N2O4. The highest BCUT2D eigenvalue weighted by Gasteiger charge is 1.97. The summed E-state index contributed by atoms with van der Waals surface area (Å²) in [6, 6.07) is 0. The first-order valence-electron chi connectivity index (χ1n) is 2.22. The van der Waals surface area contributed by atoms with Crippen molar-refractivity contribution < 1.29 is 14.9 Å². The number of rotatable bonds is 4. The van der Waals surface area contributed by atoms with Gasteiger partial charge in [0.05, 0.1) is 13.0 Å². The first-order chi connectivity index (χ1) is 4.13. The average molecular weight is 134 g/mol. The van der Waals surface area contributed by atoms with E-state index in [-0.39, 0.29) is 13.0 Å². The Hall–Kier alpha value is -1.33. The lowest BCUT2D eigenvalue weighted by Gasteiger charge is -1.90. The fraction of sp³-hybridized carbons (Fsp3) is 0.667. The van der Waals surface area contributed by atoms with Crippen LogP contribution < -0.4 is 5.43 Å². The van der Waals surface area contributed by atoms with E-state index in [2.05, 4.69) is 0 Å². The molecule has 0 aliphatic rings. The molecule has 0 aromatic carbocycles. The topological polar surface area (TPSA) is 92.5 Å². The molecule has 0 saturated heterocycles. The summed E-state index contributed by atoms with van der Waals surface area (Å²) in [5.74, 6) is -1.05. The second-order valence-electron chi connectivity index (χ2n) is 1.31. The van der Waals surface area contributed by atoms with Gasteiger partial charge in [0.1, 0.15) is 0 Å². The van der Waals surface area contributed by atoms with Crippen LogP contribution in [0.25, 0.3) is 0 Å².